The van der Waals surface area contributed by atoms with Crippen molar-refractivity contribution in [3.63, 3.8) is 0 Å². The summed E-state index contributed by atoms with van der Waals surface area (Å²) in [5.74, 6) is 1.52. The zero-order valence-corrected chi connectivity index (χ0v) is 13.7. The van der Waals surface area contributed by atoms with Gasteiger partial charge in [-0.25, -0.2) is 0 Å². The first-order chi connectivity index (χ1) is 8.97. The molecule has 3 heteroatoms. The molecule has 0 saturated carbocycles. The van der Waals surface area contributed by atoms with E-state index in [4.69, 9.17) is 5.73 Å². The van der Waals surface area contributed by atoms with Crippen LogP contribution in [-0.4, -0.2) is 24.0 Å². The van der Waals surface area contributed by atoms with Crippen LogP contribution in [0.4, 0.5) is 0 Å². The van der Waals surface area contributed by atoms with Crippen molar-refractivity contribution in [2.45, 2.75) is 39.3 Å². The number of piperidine rings is 1. The van der Waals surface area contributed by atoms with Crippen LogP contribution in [0.15, 0.2) is 28.7 Å². The van der Waals surface area contributed by atoms with Gasteiger partial charge >= 0.3 is 0 Å². The third kappa shape index (κ3) is 3.80. The molecule has 0 radical (unpaired) electrons. The molecule has 1 fully saturated rings. The first-order valence-corrected chi connectivity index (χ1v) is 8.01. The van der Waals surface area contributed by atoms with Gasteiger partial charge in [0.05, 0.1) is 0 Å². The minimum atomic E-state index is 0.145. The predicted molar refractivity (Wildman–Crippen MR) is 85.1 cm³/mol. The number of hydrogen-bond acceptors (Lipinski definition) is 2. The van der Waals surface area contributed by atoms with Crippen molar-refractivity contribution < 1.29 is 0 Å². The van der Waals surface area contributed by atoms with Gasteiger partial charge in [-0.2, -0.15) is 0 Å². The molecule has 2 rings (SSSR count). The smallest absolute Gasteiger partial charge is 0.0497 e. The van der Waals surface area contributed by atoms with E-state index in [1.807, 2.05) is 0 Å². The summed E-state index contributed by atoms with van der Waals surface area (Å²) in [5.41, 5.74) is 7.61. The topological polar surface area (TPSA) is 29.3 Å². The molecule has 4 unspecified atom stereocenters. The van der Waals surface area contributed by atoms with Crippen molar-refractivity contribution in [2.24, 2.45) is 17.6 Å². The SMILES string of the molecule is CC1CC(C)CN(C(c2cccc(Br)c2)C(C)N)C1. The number of benzene rings is 1. The Kier molecular flexibility index (Phi) is 5.04. The van der Waals surface area contributed by atoms with E-state index < -0.39 is 0 Å². The molecule has 0 aromatic heterocycles. The van der Waals surface area contributed by atoms with Crippen molar-refractivity contribution in [3.05, 3.63) is 34.3 Å². The van der Waals surface area contributed by atoms with E-state index in [1.165, 1.54) is 12.0 Å². The molecule has 2 nitrogen and oxygen atoms in total. The molecule has 0 aliphatic carbocycles. The number of halogens is 1. The molecule has 4 atom stereocenters. The van der Waals surface area contributed by atoms with Crippen LogP contribution >= 0.6 is 15.9 Å². The average Bonchev–Trinajstić information content (AvgIpc) is 2.27. The van der Waals surface area contributed by atoms with Crippen molar-refractivity contribution in [2.75, 3.05) is 13.1 Å². The molecule has 0 bridgehead atoms. The van der Waals surface area contributed by atoms with Crippen LogP contribution in [0, 0.1) is 11.8 Å². The second-order valence-corrected chi connectivity index (χ2v) is 7.17. The van der Waals surface area contributed by atoms with Gasteiger partial charge in [-0.1, -0.05) is 41.9 Å². The first-order valence-electron chi connectivity index (χ1n) is 7.22. The van der Waals surface area contributed by atoms with Crippen molar-refractivity contribution in [1.29, 1.82) is 0 Å². The second-order valence-electron chi connectivity index (χ2n) is 6.26. The summed E-state index contributed by atoms with van der Waals surface area (Å²) in [7, 11) is 0. The summed E-state index contributed by atoms with van der Waals surface area (Å²) in [5, 5.41) is 0. The Hall–Kier alpha value is -0.380. The number of hydrogen-bond donors (Lipinski definition) is 1. The van der Waals surface area contributed by atoms with Crippen LogP contribution < -0.4 is 5.73 Å². The number of nitrogens with two attached hydrogens (primary N) is 1. The lowest BCUT2D eigenvalue weighted by molar-refractivity contribution is 0.0847. The van der Waals surface area contributed by atoms with Crippen LogP contribution in [0.3, 0.4) is 0 Å². The van der Waals surface area contributed by atoms with E-state index in [0.29, 0.717) is 6.04 Å². The van der Waals surface area contributed by atoms with Crippen molar-refractivity contribution >= 4 is 15.9 Å². The molecular formula is C16H25BrN2. The van der Waals surface area contributed by atoms with E-state index in [9.17, 15) is 0 Å². The van der Waals surface area contributed by atoms with Crippen molar-refractivity contribution in [1.82, 2.24) is 4.90 Å². The maximum atomic E-state index is 6.28. The molecule has 1 aliphatic rings. The van der Waals surface area contributed by atoms with Crippen LogP contribution in [0.2, 0.25) is 0 Å². The molecule has 0 amide bonds. The normalized spacial score (nSPS) is 28.1. The largest absolute Gasteiger partial charge is 0.326 e. The van der Waals surface area contributed by atoms with Gasteiger partial charge in [-0.3, -0.25) is 4.90 Å². The number of likely N-dealkylation sites (tertiary alicyclic amines) is 1. The molecular weight excluding hydrogens is 300 g/mol. The summed E-state index contributed by atoms with van der Waals surface area (Å²) >= 11 is 3.57. The second kappa shape index (κ2) is 6.38. The van der Waals surface area contributed by atoms with Crippen LogP contribution in [0.1, 0.15) is 38.8 Å². The highest BCUT2D eigenvalue weighted by Gasteiger charge is 2.30. The molecule has 0 spiro atoms. The average molecular weight is 325 g/mol. The van der Waals surface area contributed by atoms with Gasteiger partial charge in [0, 0.05) is 29.6 Å². The summed E-state index contributed by atoms with van der Waals surface area (Å²) in [4.78, 5) is 2.57. The van der Waals surface area contributed by atoms with E-state index in [2.05, 4.69) is 65.9 Å². The fourth-order valence-electron chi connectivity index (χ4n) is 3.48. The number of rotatable bonds is 3. The van der Waals surface area contributed by atoms with Crippen LogP contribution in [-0.2, 0) is 0 Å². The first kappa shape index (κ1) is 15.0. The summed E-state index contributed by atoms with van der Waals surface area (Å²) in [6.07, 6.45) is 1.33. The third-order valence-electron chi connectivity index (χ3n) is 3.98. The molecule has 1 aromatic rings. The summed E-state index contributed by atoms with van der Waals surface area (Å²) in [6, 6.07) is 9.05. The Labute approximate surface area is 125 Å². The molecule has 1 heterocycles. The Balaban J connectivity index is 2.25. The lowest BCUT2D eigenvalue weighted by Crippen LogP contribution is -2.46. The lowest BCUT2D eigenvalue weighted by Gasteiger charge is -2.42. The van der Waals surface area contributed by atoms with Gasteiger partial charge in [0.1, 0.15) is 0 Å². The molecule has 19 heavy (non-hydrogen) atoms. The Morgan fingerprint density at radius 1 is 1.26 bits per heavy atom. The molecule has 2 N–H and O–H groups in total. The zero-order valence-electron chi connectivity index (χ0n) is 12.1. The quantitative estimate of drug-likeness (QED) is 0.915. The van der Waals surface area contributed by atoms with Gasteiger partial charge in [-0.15, -0.1) is 0 Å². The zero-order chi connectivity index (χ0) is 14.0. The van der Waals surface area contributed by atoms with E-state index >= 15 is 0 Å². The maximum absolute atomic E-state index is 6.28. The van der Waals surface area contributed by atoms with Gasteiger partial charge in [0.25, 0.3) is 0 Å². The minimum Gasteiger partial charge on any atom is -0.326 e. The van der Waals surface area contributed by atoms with Crippen molar-refractivity contribution in [3.8, 4) is 0 Å². The predicted octanol–water partition coefficient (Wildman–Crippen LogP) is 3.82. The summed E-state index contributed by atoms with van der Waals surface area (Å²) in [6.45, 7) is 9.13. The molecule has 1 saturated heterocycles. The van der Waals surface area contributed by atoms with Crippen LogP contribution in [0.25, 0.3) is 0 Å². The Morgan fingerprint density at radius 3 is 2.42 bits per heavy atom. The standard InChI is InChI=1S/C16H25BrN2/c1-11-7-12(2)10-19(9-11)16(13(3)18)14-5-4-6-15(17)8-14/h4-6,8,11-13,16H,7,9-10,18H2,1-3H3. The Morgan fingerprint density at radius 2 is 1.89 bits per heavy atom. The Bertz CT molecular complexity index is 409. The van der Waals surface area contributed by atoms with Gasteiger partial charge < -0.3 is 5.73 Å². The fraction of sp³-hybridized carbons (Fsp3) is 0.625. The number of nitrogens with zero attached hydrogens (tertiary/aromatic N) is 1. The monoisotopic (exact) mass is 324 g/mol. The molecule has 1 aromatic carbocycles. The fourth-order valence-corrected chi connectivity index (χ4v) is 3.89. The lowest BCUT2D eigenvalue weighted by atomic mass is 9.88. The molecule has 1 aliphatic heterocycles. The summed E-state index contributed by atoms with van der Waals surface area (Å²) < 4.78 is 1.13. The minimum absolute atomic E-state index is 0.145. The van der Waals surface area contributed by atoms with Gasteiger partial charge in [-0.05, 0) is 42.9 Å². The van der Waals surface area contributed by atoms with Gasteiger partial charge in [0.15, 0.2) is 0 Å². The maximum Gasteiger partial charge on any atom is 0.0497 e. The third-order valence-corrected chi connectivity index (χ3v) is 4.47. The van der Waals surface area contributed by atoms with E-state index in [0.717, 1.165) is 29.4 Å². The highest BCUT2D eigenvalue weighted by atomic mass is 79.9. The van der Waals surface area contributed by atoms with Crippen LogP contribution in [0.5, 0.6) is 0 Å². The van der Waals surface area contributed by atoms with E-state index in [-0.39, 0.29) is 6.04 Å². The molecule has 106 valence electrons. The highest BCUT2D eigenvalue weighted by Crippen LogP contribution is 2.31. The van der Waals surface area contributed by atoms with Gasteiger partial charge in [0.2, 0.25) is 0 Å². The van der Waals surface area contributed by atoms with E-state index in [1.54, 1.807) is 0 Å². The highest BCUT2D eigenvalue weighted by molar-refractivity contribution is 9.10.